The van der Waals surface area contributed by atoms with Crippen LogP contribution in [0.25, 0.3) is 0 Å². The standard InChI is InChI=1S/C19H20ClNO3S/c1-14(22)15-3-5-16(6-4-15)19(11-2-12-19)13-21-25(23,24)18-9-7-17(20)8-10-18/h3-10,21H,2,11-13H2,1H3. The normalized spacial score (nSPS) is 16.2. The first kappa shape index (κ1) is 18.1. The molecular formula is C19H20ClNO3S. The lowest BCUT2D eigenvalue weighted by Gasteiger charge is -2.42. The van der Waals surface area contributed by atoms with Gasteiger partial charge in [0.15, 0.2) is 5.78 Å². The van der Waals surface area contributed by atoms with Crippen LogP contribution >= 0.6 is 11.6 Å². The molecule has 0 radical (unpaired) electrons. The highest BCUT2D eigenvalue weighted by atomic mass is 35.5. The summed E-state index contributed by atoms with van der Waals surface area (Å²) in [6.07, 6.45) is 2.92. The molecule has 4 nitrogen and oxygen atoms in total. The molecule has 0 aromatic heterocycles. The van der Waals surface area contributed by atoms with Crippen LogP contribution in [0.15, 0.2) is 53.4 Å². The van der Waals surface area contributed by atoms with Crippen molar-refractivity contribution in [2.75, 3.05) is 6.54 Å². The summed E-state index contributed by atoms with van der Waals surface area (Å²) in [5.74, 6) is 0.0256. The first-order chi connectivity index (χ1) is 11.8. The van der Waals surface area contributed by atoms with Gasteiger partial charge in [-0.1, -0.05) is 42.3 Å². The van der Waals surface area contributed by atoms with E-state index in [0.717, 1.165) is 24.8 Å². The van der Waals surface area contributed by atoms with Crippen LogP contribution in [0.2, 0.25) is 5.02 Å². The molecular weight excluding hydrogens is 358 g/mol. The summed E-state index contributed by atoms with van der Waals surface area (Å²) in [6, 6.07) is 13.6. The summed E-state index contributed by atoms with van der Waals surface area (Å²) in [5.41, 5.74) is 1.54. The summed E-state index contributed by atoms with van der Waals surface area (Å²) in [7, 11) is -3.58. The first-order valence-electron chi connectivity index (χ1n) is 8.19. The van der Waals surface area contributed by atoms with Gasteiger partial charge in [-0.15, -0.1) is 0 Å². The molecule has 0 unspecified atom stereocenters. The monoisotopic (exact) mass is 377 g/mol. The molecule has 1 aliphatic carbocycles. The average Bonchev–Trinajstić information content (AvgIpc) is 2.54. The molecule has 2 aromatic rings. The zero-order valence-corrected chi connectivity index (χ0v) is 15.5. The van der Waals surface area contributed by atoms with Gasteiger partial charge in [0.25, 0.3) is 0 Å². The Morgan fingerprint density at radius 2 is 1.68 bits per heavy atom. The molecule has 0 saturated heterocycles. The second kappa shape index (κ2) is 6.90. The molecule has 0 bridgehead atoms. The number of sulfonamides is 1. The van der Waals surface area contributed by atoms with Crippen molar-refractivity contribution in [2.45, 2.75) is 36.5 Å². The zero-order valence-electron chi connectivity index (χ0n) is 14.0. The Labute approximate surface area is 153 Å². The maximum Gasteiger partial charge on any atom is 0.240 e. The lowest BCUT2D eigenvalue weighted by molar-refractivity contribution is 0.101. The fourth-order valence-corrected chi connectivity index (χ4v) is 4.41. The van der Waals surface area contributed by atoms with Gasteiger partial charge in [0.2, 0.25) is 10.0 Å². The van der Waals surface area contributed by atoms with Gasteiger partial charge in [-0.25, -0.2) is 13.1 Å². The van der Waals surface area contributed by atoms with E-state index in [9.17, 15) is 13.2 Å². The number of hydrogen-bond donors (Lipinski definition) is 1. The molecule has 0 aliphatic heterocycles. The predicted molar refractivity (Wildman–Crippen MR) is 98.6 cm³/mol. The van der Waals surface area contributed by atoms with E-state index in [4.69, 9.17) is 11.6 Å². The highest BCUT2D eigenvalue weighted by Crippen LogP contribution is 2.43. The smallest absolute Gasteiger partial charge is 0.240 e. The molecule has 3 rings (SSSR count). The highest BCUT2D eigenvalue weighted by molar-refractivity contribution is 7.89. The van der Waals surface area contributed by atoms with Gasteiger partial charge in [-0.2, -0.15) is 0 Å². The van der Waals surface area contributed by atoms with Gasteiger partial charge in [0, 0.05) is 22.5 Å². The van der Waals surface area contributed by atoms with E-state index in [-0.39, 0.29) is 16.1 Å². The molecule has 1 N–H and O–H groups in total. The molecule has 1 saturated carbocycles. The van der Waals surface area contributed by atoms with E-state index in [0.29, 0.717) is 17.1 Å². The molecule has 2 aromatic carbocycles. The number of benzene rings is 2. The molecule has 0 heterocycles. The number of Topliss-reactive ketones (excluding diaryl/α,β-unsaturated/α-hetero) is 1. The first-order valence-corrected chi connectivity index (χ1v) is 10.1. The third-order valence-electron chi connectivity index (χ3n) is 4.94. The molecule has 1 fully saturated rings. The van der Waals surface area contributed by atoms with Crippen LogP contribution in [0.5, 0.6) is 0 Å². The summed E-state index contributed by atoms with van der Waals surface area (Å²) in [6.45, 7) is 1.88. The third kappa shape index (κ3) is 3.78. The fourth-order valence-electron chi connectivity index (χ4n) is 3.16. The summed E-state index contributed by atoms with van der Waals surface area (Å²) in [5, 5.41) is 0.500. The quantitative estimate of drug-likeness (QED) is 0.775. The topological polar surface area (TPSA) is 63.2 Å². The van der Waals surface area contributed by atoms with Crippen molar-refractivity contribution in [3.05, 3.63) is 64.7 Å². The molecule has 25 heavy (non-hydrogen) atoms. The van der Waals surface area contributed by atoms with E-state index < -0.39 is 10.0 Å². The Bertz CT molecular complexity index is 870. The fraction of sp³-hybridized carbons (Fsp3) is 0.316. The Morgan fingerprint density at radius 1 is 1.08 bits per heavy atom. The van der Waals surface area contributed by atoms with Gasteiger partial charge in [-0.05, 0) is 49.6 Å². The van der Waals surface area contributed by atoms with Crippen LogP contribution < -0.4 is 4.72 Å². The maximum absolute atomic E-state index is 12.5. The van der Waals surface area contributed by atoms with E-state index in [1.54, 1.807) is 12.1 Å². The minimum atomic E-state index is -3.58. The van der Waals surface area contributed by atoms with Gasteiger partial charge in [-0.3, -0.25) is 4.79 Å². The summed E-state index contributed by atoms with van der Waals surface area (Å²) in [4.78, 5) is 11.6. The van der Waals surface area contributed by atoms with Crippen molar-refractivity contribution in [1.82, 2.24) is 4.72 Å². The molecule has 1 aliphatic rings. The number of carbonyl (C=O) groups excluding carboxylic acids is 1. The molecule has 132 valence electrons. The van der Waals surface area contributed by atoms with E-state index in [1.807, 2.05) is 24.3 Å². The number of carbonyl (C=O) groups is 1. The number of hydrogen-bond acceptors (Lipinski definition) is 3. The second-order valence-electron chi connectivity index (χ2n) is 6.55. The lowest BCUT2D eigenvalue weighted by atomic mass is 9.64. The molecule has 0 spiro atoms. The Hall–Kier alpha value is -1.69. The minimum absolute atomic E-state index is 0.0256. The van der Waals surface area contributed by atoms with E-state index in [1.165, 1.54) is 19.1 Å². The van der Waals surface area contributed by atoms with Crippen LogP contribution in [-0.4, -0.2) is 20.7 Å². The van der Waals surface area contributed by atoms with Crippen molar-refractivity contribution in [3.63, 3.8) is 0 Å². The third-order valence-corrected chi connectivity index (χ3v) is 6.61. The number of halogens is 1. The molecule has 6 heteroatoms. The number of ketones is 1. The van der Waals surface area contributed by atoms with Gasteiger partial charge < -0.3 is 0 Å². The average molecular weight is 378 g/mol. The molecule has 0 amide bonds. The largest absolute Gasteiger partial charge is 0.295 e. The van der Waals surface area contributed by atoms with Crippen LogP contribution in [0.3, 0.4) is 0 Å². The predicted octanol–water partition coefficient (Wildman–Crippen LogP) is 3.94. The van der Waals surface area contributed by atoms with Crippen LogP contribution in [0, 0.1) is 0 Å². The number of nitrogens with one attached hydrogen (secondary N) is 1. The van der Waals surface area contributed by atoms with Gasteiger partial charge >= 0.3 is 0 Å². The Kier molecular flexibility index (Phi) is 5.00. The second-order valence-corrected chi connectivity index (χ2v) is 8.75. The van der Waals surface area contributed by atoms with Gasteiger partial charge in [0.1, 0.15) is 0 Å². The van der Waals surface area contributed by atoms with E-state index >= 15 is 0 Å². The van der Waals surface area contributed by atoms with Crippen LogP contribution in [0.4, 0.5) is 0 Å². The van der Waals surface area contributed by atoms with Gasteiger partial charge in [0.05, 0.1) is 4.90 Å². The summed E-state index contributed by atoms with van der Waals surface area (Å²) >= 11 is 5.82. The van der Waals surface area contributed by atoms with Crippen molar-refractivity contribution in [3.8, 4) is 0 Å². The zero-order chi connectivity index (χ0) is 18.1. The van der Waals surface area contributed by atoms with Crippen molar-refractivity contribution >= 4 is 27.4 Å². The number of rotatable bonds is 6. The van der Waals surface area contributed by atoms with Crippen molar-refractivity contribution < 1.29 is 13.2 Å². The van der Waals surface area contributed by atoms with Crippen molar-refractivity contribution in [1.29, 1.82) is 0 Å². The van der Waals surface area contributed by atoms with E-state index in [2.05, 4.69) is 4.72 Å². The Balaban J connectivity index is 1.77. The molecule has 0 atom stereocenters. The van der Waals surface area contributed by atoms with Crippen LogP contribution in [0.1, 0.15) is 42.1 Å². The van der Waals surface area contributed by atoms with Crippen LogP contribution in [-0.2, 0) is 15.4 Å². The maximum atomic E-state index is 12.5. The highest BCUT2D eigenvalue weighted by Gasteiger charge is 2.39. The minimum Gasteiger partial charge on any atom is -0.295 e. The summed E-state index contributed by atoms with van der Waals surface area (Å²) < 4.78 is 27.7. The SMILES string of the molecule is CC(=O)c1ccc(C2(CNS(=O)(=O)c3ccc(Cl)cc3)CCC2)cc1. The Morgan fingerprint density at radius 3 is 2.16 bits per heavy atom. The lowest BCUT2D eigenvalue weighted by Crippen LogP contribution is -2.45. The van der Waals surface area contributed by atoms with Crippen molar-refractivity contribution in [2.24, 2.45) is 0 Å².